The minimum Gasteiger partial charge on any atom is -0.384 e. The number of aryl methyl sites for hydroxylation is 1. The molecule has 0 bridgehead atoms. The minimum absolute atomic E-state index is 0.0961. The van der Waals surface area contributed by atoms with Crippen LogP contribution in [0.2, 0.25) is 0 Å². The van der Waals surface area contributed by atoms with Gasteiger partial charge in [0.05, 0.1) is 6.20 Å². The lowest BCUT2D eigenvalue weighted by molar-refractivity contribution is -0.121. The van der Waals surface area contributed by atoms with E-state index in [9.17, 15) is 4.79 Å². The molecular weight excluding hydrogens is 240 g/mol. The Hall–Kier alpha value is -1.52. The average molecular weight is 266 g/mol. The van der Waals surface area contributed by atoms with Crippen LogP contribution >= 0.6 is 0 Å². The molecule has 0 aliphatic rings. The molecular formula is C14H26N4O. The van der Waals surface area contributed by atoms with E-state index in [1.807, 2.05) is 0 Å². The zero-order valence-electron chi connectivity index (χ0n) is 12.1. The summed E-state index contributed by atoms with van der Waals surface area (Å²) in [4.78, 5) is 11.6. The quantitative estimate of drug-likeness (QED) is 0.674. The van der Waals surface area contributed by atoms with Crippen molar-refractivity contribution in [2.45, 2.75) is 58.4 Å². The number of anilines is 1. The second-order valence-corrected chi connectivity index (χ2v) is 4.97. The zero-order chi connectivity index (χ0) is 14.1. The standard InChI is InChI=1S/C14H26N4O/c1-3-4-5-6-7-8-9-13(19)16-10-12-11-17-18(2)14(12)15/h11H,3-10,15H2,1-2H3,(H,16,19). The van der Waals surface area contributed by atoms with Crippen molar-refractivity contribution in [3.05, 3.63) is 11.8 Å². The fraction of sp³-hybridized carbons (Fsp3) is 0.714. The van der Waals surface area contributed by atoms with Crippen molar-refractivity contribution in [3.63, 3.8) is 0 Å². The number of carbonyl (C=O) groups excluding carboxylic acids is 1. The van der Waals surface area contributed by atoms with E-state index in [-0.39, 0.29) is 5.91 Å². The molecule has 0 aliphatic carbocycles. The van der Waals surface area contributed by atoms with E-state index in [4.69, 9.17) is 5.73 Å². The van der Waals surface area contributed by atoms with Gasteiger partial charge in [0.2, 0.25) is 5.91 Å². The van der Waals surface area contributed by atoms with Crippen molar-refractivity contribution in [1.82, 2.24) is 15.1 Å². The lowest BCUT2D eigenvalue weighted by Crippen LogP contribution is -2.22. The maximum absolute atomic E-state index is 11.6. The summed E-state index contributed by atoms with van der Waals surface area (Å²) in [6, 6.07) is 0. The number of rotatable bonds is 9. The third kappa shape index (κ3) is 5.77. The van der Waals surface area contributed by atoms with Crippen LogP contribution in [-0.2, 0) is 18.4 Å². The van der Waals surface area contributed by atoms with Gasteiger partial charge in [-0.25, -0.2) is 0 Å². The number of nitrogens with zero attached hydrogens (tertiary/aromatic N) is 2. The topological polar surface area (TPSA) is 72.9 Å². The summed E-state index contributed by atoms with van der Waals surface area (Å²) in [5.41, 5.74) is 6.68. The van der Waals surface area contributed by atoms with Gasteiger partial charge in [0, 0.05) is 25.6 Å². The Morgan fingerprint density at radius 3 is 2.63 bits per heavy atom. The molecule has 0 radical (unpaired) electrons. The summed E-state index contributed by atoms with van der Waals surface area (Å²) >= 11 is 0. The second kappa shape index (κ2) is 8.56. The van der Waals surface area contributed by atoms with Crippen LogP contribution in [0.25, 0.3) is 0 Å². The van der Waals surface area contributed by atoms with Gasteiger partial charge >= 0.3 is 0 Å². The Morgan fingerprint density at radius 1 is 1.32 bits per heavy atom. The van der Waals surface area contributed by atoms with E-state index in [2.05, 4.69) is 17.3 Å². The van der Waals surface area contributed by atoms with E-state index in [0.717, 1.165) is 18.4 Å². The number of amides is 1. The average Bonchev–Trinajstić information content (AvgIpc) is 2.72. The molecule has 1 rings (SSSR count). The van der Waals surface area contributed by atoms with Crippen molar-refractivity contribution < 1.29 is 4.79 Å². The van der Waals surface area contributed by atoms with Crippen LogP contribution in [-0.4, -0.2) is 15.7 Å². The van der Waals surface area contributed by atoms with Crippen molar-refractivity contribution in [2.75, 3.05) is 5.73 Å². The summed E-state index contributed by atoms with van der Waals surface area (Å²) < 4.78 is 1.61. The second-order valence-electron chi connectivity index (χ2n) is 4.97. The fourth-order valence-corrected chi connectivity index (χ4v) is 1.98. The molecule has 108 valence electrons. The molecule has 5 heteroatoms. The molecule has 1 heterocycles. The molecule has 0 saturated carbocycles. The lowest BCUT2D eigenvalue weighted by atomic mass is 10.1. The largest absolute Gasteiger partial charge is 0.384 e. The van der Waals surface area contributed by atoms with Gasteiger partial charge in [-0.05, 0) is 6.42 Å². The zero-order valence-corrected chi connectivity index (χ0v) is 12.1. The van der Waals surface area contributed by atoms with Gasteiger partial charge in [-0.2, -0.15) is 5.10 Å². The highest BCUT2D eigenvalue weighted by Crippen LogP contribution is 2.09. The van der Waals surface area contributed by atoms with Gasteiger partial charge in [0.15, 0.2) is 0 Å². The van der Waals surface area contributed by atoms with E-state index in [1.54, 1.807) is 17.9 Å². The lowest BCUT2D eigenvalue weighted by Gasteiger charge is -2.05. The number of aromatic nitrogens is 2. The number of hydrogen-bond donors (Lipinski definition) is 2. The van der Waals surface area contributed by atoms with Crippen molar-refractivity contribution in [1.29, 1.82) is 0 Å². The molecule has 0 aliphatic heterocycles. The Morgan fingerprint density at radius 2 is 2.00 bits per heavy atom. The van der Waals surface area contributed by atoms with Crippen LogP contribution in [0.4, 0.5) is 5.82 Å². The molecule has 5 nitrogen and oxygen atoms in total. The molecule has 1 amide bonds. The number of carbonyl (C=O) groups is 1. The van der Waals surface area contributed by atoms with E-state index < -0.39 is 0 Å². The molecule has 19 heavy (non-hydrogen) atoms. The van der Waals surface area contributed by atoms with Gasteiger partial charge in [0.25, 0.3) is 0 Å². The van der Waals surface area contributed by atoms with Crippen molar-refractivity contribution in [2.24, 2.45) is 7.05 Å². The molecule has 3 N–H and O–H groups in total. The molecule has 0 fully saturated rings. The third-order valence-electron chi connectivity index (χ3n) is 3.30. The highest BCUT2D eigenvalue weighted by molar-refractivity contribution is 5.75. The SMILES string of the molecule is CCCCCCCCC(=O)NCc1cnn(C)c1N. The molecule has 1 aromatic heterocycles. The predicted octanol–water partition coefficient (Wildman–Crippen LogP) is 2.37. The first kappa shape index (κ1) is 15.5. The molecule has 0 unspecified atom stereocenters. The van der Waals surface area contributed by atoms with Crippen LogP contribution in [0.5, 0.6) is 0 Å². The fourth-order valence-electron chi connectivity index (χ4n) is 1.98. The first-order valence-corrected chi connectivity index (χ1v) is 7.18. The van der Waals surface area contributed by atoms with E-state index in [1.165, 1.54) is 25.7 Å². The molecule has 0 aromatic carbocycles. The summed E-state index contributed by atoms with van der Waals surface area (Å²) in [7, 11) is 1.79. The van der Waals surface area contributed by atoms with Crippen LogP contribution in [0.3, 0.4) is 0 Å². The summed E-state index contributed by atoms with van der Waals surface area (Å²) in [5.74, 6) is 0.707. The highest BCUT2D eigenvalue weighted by Gasteiger charge is 2.06. The monoisotopic (exact) mass is 266 g/mol. The van der Waals surface area contributed by atoms with Crippen LogP contribution in [0, 0.1) is 0 Å². The maximum atomic E-state index is 11.6. The number of unbranched alkanes of at least 4 members (excludes halogenated alkanes) is 5. The predicted molar refractivity (Wildman–Crippen MR) is 77.5 cm³/mol. The first-order valence-electron chi connectivity index (χ1n) is 7.18. The minimum atomic E-state index is 0.0961. The number of nitrogens with one attached hydrogen (secondary N) is 1. The van der Waals surface area contributed by atoms with E-state index in [0.29, 0.717) is 18.8 Å². The highest BCUT2D eigenvalue weighted by atomic mass is 16.1. The maximum Gasteiger partial charge on any atom is 0.220 e. The Balaban J connectivity index is 2.10. The Labute approximate surface area is 115 Å². The Bertz CT molecular complexity index is 387. The summed E-state index contributed by atoms with van der Waals surface area (Å²) in [6.07, 6.45) is 9.48. The van der Waals surface area contributed by atoms with Crippen molar-refractivity contribution in [3.8, 4) is 0 Å². The van der Waals surface area contributed by atoms with Gasteiger partial charge in [-0.15, -0.1) is 0 Å². The van der Waals surface area contributed by atoms with Crippen LogP contribution in [0.1, 0.15) is 57.4 Å². The number of hydrogen-bond acceptors (Lipinski definition) is 3. The normalized spacial score (nSPS) is 10.6. The smallest absolute Gasteiger partial charge is 0.220 e. The van der Waals surface area contributed by atoms with Gasteiger partial charge in [-0.3, -0.25) is 9.48 Å². The Kier molecular flexibility index (Phi) is 7.00. The number of nitrogens with two attached hydrogens (primary N) is 1. The van der Waals surface area contributed by atoms with Gasteiger partial charge < -0.3 is 11.1 Å². The van der Waals surface area contributed by atoms with Gasteiger partial charge in [-0.1, -0.05) is 39.0 Å². The van der Waals surface area contributed by atoms with Gasteiger partial charge in [0.1, 0.15) is 5.82 Å². The molecule has 0 spiro atoms. The third-order valence-corrected chi connectivity index (χ3v) is 3.30. The molecule has 0 atom stereocenters. The first-order chi connectivity index (χ1) is 9.15. The summed E-state index contributed by atoms with van der Waals surface area (Å²) in [6.45, 7) is 2.67. The van der Waals surface area contributed by atoms with Crippen LogP contribution in [0.15, 0.2) is 6.20 Å². The number of nitrogen functional groups attached to an aromatic ring is 1. The summed E-state index contributed by atoms with van der Waals surface area (Å²) in [5, 5.41) is 6.92. The van der Waals surface area contributed by atoms with E-state index >= 15 is 0 Å². The van der Waals surface area contributed by atoms with Crippen LogP contribution < -0.4 is 11.1 Å². The van der Waals surface area contributed by atoms with Crippen molar-refractivity contribution >= 4 is 11.7 Å². The molecule has 0 saturated heterocycles. The molecule has 1 aromatic rings.